The van der Waals surface area contributed by atoms with Crippen LogP contribution in [0.5, 0.6) is 0 Å². The number of nitrogens with zero attached hydrogens (tertiary/aromatic N) is 3. The van der Waals surface area contributed by atoms with Gasteiger partial charge in [-0.05, 0) is 49.2 Å². The molecule has 148 valence electrons. The molecule has 0 atom stereocenters. The van der Waals surface area contributed by atoms with Gasteiger partial charge in [-0.15, -0.1) is 0 Å². The van der Waals surface area contributed by atoms with Crippen LogP contribution in [0.2, 0.25) is 5.02 Å². The molecule has 4 rings (SSSR count). The van der Waals surface area contributed by atoms with Crippen molar-refractivity contribution in [2.75, 3.05) is 31.1 Å². The van der Waals surface area contributed by atoms with E-state index in [1.807, 2.05) is 30.3 Å². The van der Waals surface area contributed by atoms with Crippen LogP contribution in [-0.4, -0.2) is 36.9 Å². The van der Waals surface area contributed by atoms with Gasteiger partial charge in [-0.25, -0.2) is 4.99 Å². The second kappa shape index (κ2) is 8.71. The first-order valence-electron chi connectivity index (χ1n) is 10.1. The SMILES string of the molecule is Cc1ccc(N2CCN(C(=Nc3ccccc3Cl)c3ccccc3)CC2)cc1C. The van der Waals surface area contributed by atoms with Gasteiger partial charge in [0.25, 0.3) is 0 Å². The lowest BCUT2D eigenvalue weighted by atomic mass is 10.1. The first-order valence-corrected chi connectivity index (χ1v) is 10.5. The molecule has 3 aromatic carbocycles. The molecule has 0 aliphatic carbocycles. The Morgan fingerprint density at radius 2 is 1.48 bits per heavy atom. The molecule has 1 fully saturated rings. The molecule has 1 heterocycles. The normalized spacial score (nSPS) is 14.9. The minimum absolute atomic E-state index is 0.676. The summed E-state index contributed by atoms with van der Waals surface area (Å²) >= 11 is 6.39. The van der Waals surface area contributed by atoms with Gasteiger partial charge in [0.05, 0.1) is 10.7 Å². The molecular weight excluding hydrogens is 378 g/mol. The molecule has 0 spiro atoms. The predicted octanol–water partition coefficient (Wildman–Crippen LogP) is 5.86. The molecule has 3 nitrogen and oxygen atoms in total. The zero-order valence-electron chi connectivity index (χ0n) is 17.0. The number of anilines is 1. The Bertz CT molecular complexity index is 1010. The van der Waals surface area contributed by atoms with E-state index in [1.165, 1.54) is 16.8 Å². The number of para-hydroxylation sites is 1. The zero-order valence-corrected chi connectivity index (χ0v) is 17.7. The highest BCUT2D eigenvalue weighted by Crippen LogP contribution is 2.26. The first kappa shape index (κ1) is 19.5. The van der Waals surface area contributed by atoms with Gasteiger partial charge in [-0.3, -0.25) is 0 Å². The number of aryl methyl sites for hydroxylation is 2. The standard InChI is InChI=1S/C25H26ClN3/c1-19-12-13-22(18-20(19)2)28-14-16-29(17-15-28)25(21-8-4-3-5-9-21)27-24-11-7-6-10-23(24)26/h3-13,18H,14-17H2,1-2H3. The van der Waals surface area contributed by atoms with Crippen LogP contribution in [0.25, 0.3) is 0 Å². The van der Waals surface area contributed by atoms with E-state index in [0.29, 0.717) is 5.02 Å². The lowest BCUT2D eigenvalue weighted by Gasteiger charge is -2.38. The minimum Gasteiger partial charge on any atom is -0.368 e. The molecule has 0 amide bonds. The van der Waals surface area contributed by atoms with E-state index in [4.69, 9.17) is 16.6 Å². The summed E-state index contributed by atoms with van der Waals surface area (Å²) in [6, 6.07) is 24.9. The van der Waals surface area contributed by atoms with Crippen molar-refractivity contribution in [1.82, 2.24) is 4.90 Å². The molecule has 1 saturated heterocycles. The summed E-state index contributed by atoms with van der Waals surface area (Å²) in [7, 11) is 0. The Kier molecular flexibility index (Phi) is 5.86. The maximum atomic E-state index is 6.39. The fourth-order valence-electron chi connectivity index (χ4n) is 3.66. The topological polar surface area (TPSA) is 18.8 Å². The average Bonchev–Trinajstić information content (AvgIpc) is 2.76. The van der Waals surface area contributed by atoms with E-state index in [2.05, 4.69) is 66.1 Å². The fourth-order valence-corrected chi connectivity index (χ4v) is 3.84. The third-order valence-electron chi connectivity index (χ3n) is 5.55. The van der Waals surface area contributed by atoms with Gasteiger partial charge >= 0.3 is 0 Å². The summed E-state index contributed by atoms with van der Waals surface area (Å²) in [5, 5.41) is 0.676. The van der Waals surface area contributed by atoms with E-state index in [-0.39, 0.29) is 0 Å². The van der Waals surface area contributed by atoms with E-state index < -0.39 is 0 Å². The molecule has 3 aromatic rings. The summed E-state index contributed by atoms with van der Waals surface area (Å²) in [5.41, 5.74) is 5.91. The number of benzene rings is 3. The molecule has 1 aliphatic heterocycles. The summed E-state index contributed by atoms with van der Waals surface area (Å²) < 4.78 is 0. The number of rotatable bonds is 3. The molecule has 0 saturated carbocycles. The molecule has 0 radical (unpaired) electrons. The van der Waals surface area contributed by atoms with Crippen molar-refractivity contribution in [1.29, 1.82) is 0 Å². The minimum atomic E-state index is 0.676. The molecule has 0 N–H and O–H groups in total. The van der Waals surface area contributed by atoms with Gasteiger partial charge in [0.15, 0.2) is 0 Å². The second-order valence-electron chi connectivity index (χ2n) is 7.50. The van der Waals surface area contributed by atoms with E-state index in [0.717, 1.165) is 43.3 Å². The first-order chi connectivity index (χ1) is 14.1. The quantitative estimate of drug-likeness (QED) is 0.403. The third-order valence-corrected chi connectivity index (χ3v) is 5.87. The predicted molar refractivity (Wildman–Crippen MR) is 124 cm³/mol. The van der Waals surface area contributed by atoms with Crippen molar-refractivity contribution in [2.45, 2.75) is 13.8 Å². The van der Waals surface area contributed by atoms with E-state index in [9.17, 15) is 0 Å². The Morgan fingerprint density at radius 1 is 0.793 bits per heavy atom. The number of piperazine rings is 1. The highest BCUT2D eigenvalue weighted by Gasteiger charge is 2.21. The van der Waals surface area contributed by atoms with Crippen LogP contribution in [0.4, 0.5) is 11.4 Å². The van der Waals surface area contributed by atoms with Gasteiger partial charge in [0.1, 0.15) is 5.84 Å². The number of hydrogen-bond acceptors (Lipinski definition) is 2. The number of halogens is 1. The lowest BCUT2D eigenvalue weighted by Crippen LogP contribution is -2.49. The molecule has 4 heteroatoms. The molecule has 1 aliphatic rings. The van der Waals surface area contributed by atoms with Gasteiger partial charge in [0.2, 0.25) is 0 Å². The Labute approximate surface area is 178 Å². The van der Waals surface area contributed by atoms with Crippen LogP contribution in [0.15, 0.2) is 77.8 Å². The molecule has 29 heavy (non-hydrogen) atoms. The van der Waals surface area contributed by atoms with Crippen molar-refractivity contribution in [3.05, 3.63) is 94.5 Å². The van der Waals surface area contributed by atoms with Crippen LogP contribution in [0.1, 0.15) is 16.7 Å². The van der Waals surface area contributed by atoms with E-state index >= 15 is 0 Å². The van der Waals surface area contributed by atoms with E-state index in [1.54, 1.807) is 0 Å². The second-order valence-corrected chi connectivity index (χ2v) is 7.90. The summed E-state index contributed by atoms with van der Waals surface area (Å²) in [6.07, 6.45) is 0. The van der Waals surface area contributed by atoms with Crippen LogP contribution >= 0.6 is 11.6 Å². The molecule has 0 bridgehead atoms. The van der Waals surface area contributed by atoms with Crippen LogP contribution in [0, 0.1) is 13.8 Å². The number of hydrogen-bond donors (Lipinski definition) is 0. The van der Waals surface area contributed by atoms with Gasteiger partial charge < -0.3 is 9.80 Å². The number of aliphatic imine (C=N–C) groups is 1. The maximum absolute atomic E-state index is 6.39. The Morgan fingerprint density at radius 3 is 2.17 bits per heavy atom. The lowest BCUT2D eigenvalue weighted by molar-refractivity contribution is 0.386. The average molecular weight is 404 g/mol. The Hall–Kier alpha value is -2.78. The summed E-state index contributed by atoms with van der Waals surface area (Å²) in [5.74, 6) is 0.985. The summed E-state index contributed by atoms with van der Waals surface area (Å²) in [6.45, 7) is 8.12. The van der Waals surface area contributed by atoms with Crippen molar-refractivity contribution in [3.8, 4) is 0 Å². The number of amidine groups is 1. The zero-order chi connectivity index (χ0) is 20.2. The van der Waals surface area contributed by atoms with Crippen LogP contribution in [-0.2, 0) is 0 Å². The fraction of sp³-hybridized carbons (Fsp3) is 0.240. The van der Waals surface area contributed by atoms with Gasteiger partial charge in [-0.2, -0.15) is 0 Å². The highest BCUT2D eigenvalue weighted by atomic mass is 35.5. The van der Waals surface area contributed by atoms with Gasteiger partial charge in [-0.1, -0.05) is 60.1 Å². The monoisotopic (exact) mass is 403 g/mol. The summed E-state index contributed by atoms with van der Waals surface area (Å²) in [4.78, 5) is 9.80. The van der Waals surface area contributed by atoms with Crippen molar-refractivity contribution >= 4 is 28.8 Å². The Balaban J connectivity index is 1.58. The molecular formula is C25H26ClN3. The third kappa shape index (κ3) is 4.46. The largest absolute Gasteiger partial charge is 0.368 e. The molecule has 0 aromatic heterocycles. The van der Waals surface area contributed by atoms with Crippen molar-refractivity contribution in [2.24, 2.45) is 4.99 Å². The van der Waals surface area contributed by atoms with Crippen molar-refractivity contribution in [3.63, 3.8) is 0 Å². The maximum Gasteiger partial charge on any atom is 0.136 e. The van der Waals surface area contributed by atoms with Gasteiger partial charge in [0, 0.05) is 37.4 Å². The molecule has 0 unspecified atom stereocenters. The highest BCUT2D eigenvalue weighted by molar-refractivity contribution is 6.33. The van der Waals surface area contributed by atoms with Crippen LogP contribution < -0.4 is 4.90 Å². The van der Waals surface area contributed by atoms with Crippen molar-refractivity contribution < 1.29 is 0 Å². The smallest absolute Gasteiger partial charge is 0.136 e. The van der Waals surface area contributed by atoms with Crippen LogP contribution in [0.3, 0.4) is 0 Å².